The van der Waals surface area contributed by atoms with Gasteiger partial charge in [-0.2, -0.15) is 0 Å². The van der Waals surface area contributed by atoms with Crippen LogP contribution in [0.25, 0.3) is 0 Å². The molecule has 0 radical (unpaired) electrons. The highest BCUT2D eigenvalue weighted by molar-refractivity contribution is 9.10. The molecule has 1 aromatic rings. The number of hydrogen-bond acceptors (Lipinski definition) is 2. The summed E-state index contributed by atoms with van der Waals surface area (Å²) in [5.41, 5.74) is 1.01. The fraction of sp³-hybridized carbons (Fsp3) is 0.500. The van der Waals surface area contributed by atoms with Crippen LogP contribution in [0.2, 0.25) is 0 Å². The van der Waals surface area contributed by atoms with Crippen molar-refractivity contribution in [2.45, 2.75) is 32.1 Å². The second-order valence-electron chi connectivity index (χ2n) is 4.77. The first-order chi connectivity index (χ1) is 8.65. The highest BCUT2D eigenvalue weighted by Gasteiger charge is 2.18. The van der Waals surface area contributed by atoms with Gasteiger partial charge in [0.05, 0.1) is 11.1 Å². The highest BCUT2D eigenvalue weighted by Crippen LogP contribution is 2.30. The summed E-state index contributed by atoms with van der Waals surface area (Å²) in [6.07, 6.45) is 4.58. The molecule has 0 atom stereocenters. The highest BCUT2D eigenvalue weighted by atomic mass is 79.9. The summed E-state index contributed by atoms with van der Waals surface area (Å²) in [6.45, 7) is 0.785. The zero-order valence-corrected chi connectivity index (χ0v) is 11.8. The minimum Gasteiger partial charge on any atom is -0.492 e. The maximum absolute atomic E-state index is 10.5. The number of aliphatic carboxylic acids is 1. The molecule has 3 nitrogen and oxygen atoms in total. The quantitative estimate of drug-likeness (QED) is 0.872. The van der Waals surface area contributed by atoms with Gasteiger partial charge in [-0.05, 0) is 58.8 Å². The van der Waals surface area contributed by atoms with Gasteiger partial charge >= 0.3 is 5.97 Å². The van der Waals surface area contributed by atoms with Crippen LogP contribution < -0.4 is 4.74 Å². The van der Waals surface area contributed by atoms with E-state index in [9.17, 15) is 4.79 Å². The van der Waals surface area contributed by atoms with Crippen LogP contribution in [0, 0.1) is 5.92 Å². The summed E-state index contributed by atoms with van der Waals surface area (Å²) in [4.78, 5) is 10.5. The van der Waals surface area contributed by atoms with Crippen molar-refractivity contribution in [2.24, 2.45) is 5.92 Å². The van der Waals surface area contributed by atoms with E-state index < -0.39 is 5.97 Å². The average Bonchev–Trinajstić information content (AvgIpc) is 2.26. The molecular formula is C14H17BrO3. The summed E-state index contributed by atoms with van der Waals surface area (Å²) in [5.74, 6) is 0.793. The first-order valence-corrected chi connectivity index (χ1v) is 7.07. The van der Waals surface area contributed by atoms with Crippen LogP contribution >= 0.6 is 15.9 Å². The average molecular weight is 313 g/mol. The fourth-order valence-electron chi connectivity index (χ4n) is 1.94. The van der Waals surface area contributed by atoms with Crippen molar-refractivity contribution >= 4 is 21.9 Å². The number of carbonyl (C=O) groups is 1. The monoisotopic (exact) mass is 312 g/mol. The maximum Gasteiger partial charge on any atom is 0.303 e. The Morgan fingerprint density at radius 1 is 1.44 bits per heavy atom. The van der Waals surface area contributed by atoms with Gasteiger partial charge in [-0.1, -0.05) is 12.5 Å². The van der Waals surface area contributed by atoms with Gasteiger partial charge in [0.15, 0.2) is 0 Å². The van der Waals surface area contributed by atoms with Crippen molar-refractivity contribution < 1.29 is 14.6 Å². The third-order valence-electron chi connectivity index (χ3n) is 3.32. The third kappa shape index (κ3) is 3.73. The Kier molecular flexibility index (Phi) is 4.64. The molecule has 0 amide bonds. The number of carboxylic acids is 1. The Labute approximate surface area is 115 Å². The number of rotatable bonds is 6. The van der Waals surface area contributed by atoms with E-state index in [1.165, 1.54) is 19.3 Å². The normalized spacial score (nSPS) is 15.2. The van der Waals surface area contributed by atoms with E-state index in [-0.39, 0.29) is 6.42 Å². The molecule has 0 heterocycles. The van der Waals surface area contributed by atoms with Crippen molar-refractivity contribution in [2.75, 3.05) is 6.61 Å². The van der Waals surface area contributed by atoms with Crippen LogP contribution in [0.5, 0.6) is 5.75 Å². The molecule has 1 N–H and O–H groups in total. The summed E-state index contributed by atoms with van der Waals surface area (Å²) < 4.78 is 6.67. The molecule has 0 aromatic heterocycles. The number of ether oxygens (including phenoxy) is 1. The SMILES string of the molecule is O=C(O)CCc1ccc(OCC2CCC2)c(Br)c1. The van der Waals surface area contributed by atoms with Gasteiger partial charge in [-0.3, -0.25) is 4.79 Å². The molecule has 1 aromatic carbocycles. The fourth-order valence-corrected chi connectivity index (χ4v) is 2.48. The number of benzene rings is 1. The van der Waals surface area contributed by atoms with Crippen LogP contribution in [0.15, 0.2) is 22.7 Å². The van der Waals surface area contributed by atoms with Crippen molar-refractivity contribution in [3.63, 3.8) is 0 Å². The lowest BCUT2D eigenvalue weighted by molar-refractivity contribution is -0.136. The first-order valence-electron chi connectivity index (χ1n) is 6.28. The smallest absolute Gasteiger partial charge is 0.303 e. The third-order valence-corrected chi connectivity index (χ3v) is 3.94. The molecule has 0 unspecified atom stereocenters. The molecule has 0 aliphatic heterocycles. The lowest BCUT2D eigenvalue weighted by Gasteiger charge is -2.25. The largest absolute Gasteiger partial charge is 0.492 e. The van der Waals surface area contributed by atoms with E-state index in [1.54, 1.807) is 0 Å². The van der Waals surface area contributed by atoms with Gasteiger partial charge in [0.2, 0.25) is 0 Å². The van der Waals surface area contributed by atoms with E-state index in [0.717, 1.165) is 22.4 Å². The van der Waals surface area contributed by atoms with Gasteiger partial charge < -0.3 is 9.84 Å². The van der Waals surface area contributed by atoms with E-state index in [0.29, 0.717) is 12.3 Å². The maximum atomic E-state index is 10.5. The number of halogens is 1. The Balaban J connectivity index is 1.89. The molecule has 0 saturated heterocycles. The van der Waals surface area contributed by atoms with E-state index in [2.05, 4.69) is 15.9 Å². The number of hydrogen-bond donors (Lipinski definition) is 1. The molecule has 0 spiro atoms. The van der Waals surface area contributed by atoms with Crippen LogP contribution in [0.1, 0.15) is 31.2 Å². The minimum absolute atomic E-state index is 0.161. The molecule has 1 fully saturated rings. The van der Waals surface area contributed by atoms with E-state index in [4.69, 9.17) is 9.84 Å². The van der Waals surface area contributed by atoms with E-state index >= 15 is 0 Å². The zero-order valence-electron chi connectivity index (χ0n) is 10.2. The number of aryl methyl sites for hydroxylation is 1. The predicted octanol–water partition coefficient (Wildman–Crippen LogP) is 3.65. The first kappa shape index (κ1) is 13.4. The van der Waals surface area contributed by atoms with Gasteiger partial charge in [0.25, 0.3) is 0 Å². The van der Waals surface area contributed by atoms with Crippen LogP contribution in [0.3, 0.4) is 0 Å². The topological polar surface area (TPSA) is 46.5 Å². The van der Waals surface area contributed by atoms with Crippen molar-refractivity contribution in [1.82, 2.24) is 0 Å². The predicted molar refractivity (Wildman–Crippen MR) is 72.9 cm³/mol. The van der Waals surface area contributed by atoms with Gasteiger partial charge in [-0.15, -0.1) is 0 Å². The Bertz CT molecular complexity index is 427. The van der Waals surface area contributed by atoms with Crippen LogP contribution in [-0.2, 0) is 11.2 Å². The van der Waals surface area contributed by atoms with Crippen molar-refractivity contribution in [1.29, 1.82) is 0 Å². The van der Waals surface area contributed by atoms with Gasteiger partial charge in [0.1, 0.15) is 5.75 Å². The van der Waals surface area contributed by atoms with Gasteiger partial charge in [0, 0.05) is 6.42 Å². The summed E-state index contributed by atoms with van der Waals surface area (Å²) in [6, 6.07) is 5.79. The molecule has 1 aliphatic carbocycles. The summed E-state index contributed by atoms with van der Waals surface area (Å²) in [7, 11) is 0. The Hall–Kier alpha value is -1.03. The lowest BCUT2D eigenvalue weighted by atomic mass is 9.86. The molecular weight excluding hydrogens is 296 g/mol. The molecule has 1 aliphatic rings. The van der Waals surface area contributed by atoms with Crippen molar-refractivity contribution in [3.05, 3.63) is 28.2 Å². The molecule has 4 heteroatoms. The second kappa shape index (κ2) is 6.23. The molecule has 1 saturated carbocycles. The van der Waals surface area contributed by atoms with E-state index in [1.807, 2.05) is 18.2 Å². The van der Waals surface area contributed by atoms with Crippen LogP contribution in [-0.4, -0.2) is 17.7 Å². The molecule has 2 rings (SSSR count). The lowest BCUT2D eigenvalue weighted by Crippen LogP contribution is -2.19. The van der Waals surface area contributed by atoms with Gasteiger partial charge in [-0.25, -0.2) is 0 Å². The summed E-state index contributed by atoms with van der Waals surface area (Å²) in [5, 5.41) is 8.64. The second-order valence-corrected chi connectivity index (χ2v) is 5.62. The molecule has 98 valence electrons. The standard InChI is InChI=1S/C14H17BrO3/c15-12-8-10(5-7-14(16)17)4-6-13(12)18-9-11-2-1-3-11/h4,6,8,11H,1-3,5,7,9H2,(H,16,17). The molecule has 0 bridgehead atoms. The Morgan fingerprint density at radius 3 is 2.78 bits per heavy atom. The minimum atomic E-state index is -0.767. The van der Waals surface area contributed by atoms with Crippen molar-refractivity contribution in [3.8, 4) is 5.75 Å². The number of carboxylic acid groups (broad SMARTS) is 1. The molecule has 18 heavy (non-hydrogen) atoms. The van der Waals surface area contributed by atoms with Crippen LogP contribution in [0.4, 0.5) is 0 Å². The summed E-state index contributed by atoms with van der Waals surface area (Å²) >= 11 is 3.47. The zero-order chi connectivity index (χ0) is 13.0. The Morgan fingerprint density at radius 2 is 2.22 bits per heavy atom.